The molecule has 1 spiro atoms. The summed E-state index contributed by atoms with van der Waals surface area (Å²) in [5, 5.41) is 6.31. The van der Waals surface area contributed by atoms with E-state index in [1.807, 2.05) is 0 Å². The SMILES string of the molecule is O=S(=O)(c1cn[nH]c1)N1CCC2(CCCCC2)CC1. The predicted octanol–water partition coefficient (Wildman–Crippen LogP) is 2.14. The summed E-state index contributed by atoms with van der Waals surface area (Å²) >= 11 is 0. The Balaban J connectivity index is 1.70. The molecular weight excluding hydrogens is 262 g/mol. The summed E-state index contributed by atoms with van der Waals surface area (Å²) in [6, 6.07) is 0. The van der Waals surface area contributed by atoms with Crippen molar-refractivity contribution >= 4 is 10.0 Å². The third kappa shape index (κ3) is 2.43. The minimum absolute atomic E-state index is 0.284. The van der Waals surface area contributed by atoms with Crippen LogP contribution in [0.1, 0.15) is 44.9 Å². The van der Waals surface area contributed by atoms with Crippen LogP contribution in [0, 0.1) is 5.41 Å². The van der Waals surface area contributed by atoms with E-state index in [1.165, 1.54) is 44.5 Å². The second-order valence-corrected chi connectivity index (χ2v) is 7.84. The van der Waals surface area contributed by atoms with E-state index < -0.39 is 10.0 Å². The topological polar surface area (TPSA) is 66.1 Å². The van der Waals surface area contributed by atoms with Crippen LogP contribution in [0.25, 0.3) is 0 Å². The maximum atomic E-state index is 12.4. The molecule has 0 bridgehead atoms. The van der Waals surface area contributed by atoms with Crippen molar-refractivity contribution in [2.75, 3.05) is 13.1 Å². The number of H-pyrrole nitrogens is 1. The van der Waals surface area contributed by atoms with E-state index in [4.69, 9.17) is 0 Å². The first kappa shape index (κ1) is 13.1. The van der Waals surface area contributed by atoms with Crippen LogP contribution < -0.4 is 0 Å². The Hall–Kier alpha value is -0.880. The van der Waals surface area contributed by atoms with E-state index in [9.17, 15) is 8.42 Å². The Morgan fingerprint density at radius 1 is 1.11 bits per heavy atom. The Bertz CT molecular complexity index is 508. The van der Waals surface area contributed by atoms with Gasteiger partial charge in [0, 0.05) is 19.3 Å². The van der Waals surface area contributed by atoms with Gasteiger partial charge >= 0.3 is 0 Å². The molecule has 1 saturated heterocycles. The molecule has 1 aliphatic heterocycles. The molecule has 1 saturated carbocycles. The fourth-order valence-corrected chi connectivity index (χ4v) is 4.88. The summed E-state index contributed by atoms with van der Waals surface area (Å²) in [6.07, 6.45) is 11.4. The number of hydrogen-bond acceptors (Lipinski definition) is 3. The second kappa shape index (κ2) is 4.90. The first-order chi connectivity index (χ1) is 9.12. The number of aromatic nitrogens is 2. The van der Waals surface area contributed by atoms with Crippen molar-refractivity contribution in [3.05, 3.63) is 12.4 Å². The molecule has 3 rings (SSSR count). The summed E-state index contributed by atoms with van der Waals surface area (Å²) in [7, 11) is -3.33. The normalized spacial score (nSPS) is 24.6. The molecule has 0 aromatic carbocycles. The van der Waals surface area contributed by atoms with Gasteiger partial charge in [-0.15, -0.1) is 0 Å². The van der Waals surface area contributed by atoms with Crippen molar-refractivity contribution in [1.29, 1.82) is 0 Å². The van der Waals surface area contributed by atoms with E-state index in [1.54, 1.807) is 4.31 Å². The van der Waals surface area contributed by atoms with Crippen molar-refractivity contribution < 1.29 is 8.42 Å². The van der Waals surface area contributed by atoms with Crippen LogP contribution in [0.4, 0.5) is 0 Å². The highest BCUT2D eigenvalue weighted by atomic mass is 32.2. The van der Waals surface area contributed by atoms with Gasteiger partial charge in [-0.3, -0.25) is 5.10 Å². The Morgan fingerprint density at radius 2 is 1.79 bits per heavy atom. The molecule has 6 heteroatoms. The van der Waals surface area contributed by atoms with Gasteiger partial charge in [0.25, 0.3) is 0 Å². The van der Waals surface area contributed by atoms with Gasteiger partial charge in [0.2, 0.25) is 10.0 Å². The van der Waals surface area contributed by atoms with E-state index >= 15 is 0 Å². The minimum atomic E-state index is -3.33. The lowest BCUT2D eigenvalue weighted by Gasteiger charge is -2.43. The standard InChI is InChI=1S/C13H21N3O2S/c17-19(18,12-10-14-15-11-12)16-8-6-13(7-9-16)4-2-1-3-5-13/h10-11H,1-9H2,(H,14,15). The summed E-state index contributed by atoms with van der Waals surface area (Å²) < 4.78 is 26.4. The maximum absolute atomic E-state index is 12.4. The van der Waals surface area contributed by atoms with Gasteiger partial charge < -0.3 is 0 Å². The molecular formula is C13H21N3O2S. The molecule has 0 atom stereocenters. The number of piperidine rings is 1. The molecule has 1 N–H and O–H groups in total. The molecule has 106 valence electrons. The highest BCUT2D eigenvalue weighted by Crippen LogP contribution is 2.45. The van der Waals surface area contributed by atoms with Gasteiger partial charge in [0.1, 0.15) is 4.90 Å². The molecule has 1 aliphatic carbocycles. The molecule has 19 heavy (non-hydrogen) atoms. The lowest BCUT2D eigenvalue weighted by atomic mass is 9.68. The zero-order chi connectivity index (χ0) is 13.3. The van der Waals surface area contributed by atoms with Crippen LogP contribution in [-0.4, -0.2) is 36.0 Å². The average Bonchev–Trinajstić information content (AvgIpc) is 2.95. The summed E-state index contributed by atoms with van der Waals surface area (Å²) in [5.74, 6) is 0. The number of hydrogen-bond donors (Lipinski definition) is 1. The van der Waals surface area contributed by atoms with Crippen molar-refractivity contribution in [2.24, 2.45) is 5.41 Å². The molecule has 0 radical (unpaired) electrons. The molecule has 0 unspecified atom stereocenters. The fourth-order valence-electron chi connectivity index (χ4n) is 3.53. The van der Waals surface area contributed by atoms with Crippen molar-refractivity contribution in [1.82, 2.24) is 14.5 Å². The quantitative estimate of drug-likeness (QED) is 0.904. The van der Waals surface area contributed by atoms with Crippen molar-refractivity contribution in [2.45, 2.75) is 49.8 Å². The average molecular weight is 283 g/mol. The molecule has 0 amide bonds. The second-order valence-electron chi connectivity index (χ2n) is 5.90. The zero-order valence-electron chi connectivity index (χ0n) is 11.1. The number of aromatic amines is 1. The Morgan fingerprint density at radius 3 is 2.37 bits per heavy atom. The molecule has 2 fully saturated rings. The van der Waals surface area contributed by atoms with Crippen LogP contribution in [0.2, 0.25) is 0 Å². The Kier molecular flexibility index (Phi) is 3.39. The van der Waals surface area contributed by atoms with Gasteiger partial charge in [-0.2, -0.15) is 9.40 Å². The first-order valence-corrected chi connectivity index (χ1v) is 8.55. The lowest BCUT2D eigenvalue weighted by molar-refractivity contribution is 0.102. The van der Waals surface area contributed by atoms with Gasteiger partial charge in [0.15, 0.2) is 0 Å². The van der Waals surface area contributed by atoms with Gasteiger partial charge in [0.05, 0.1) is 6.20 Å². The minimum Gasteiger partial charge on any atom is -0.284 e. The van der Waals surface area contributed by atoms with E-state index in [-0.39, 0.29) is 4.90 Å². The molecule has 2 aliphatic rings. The molecule has 1 aromatic rings. The number of rotatable bonds is 2. The van der Waals surface area contributed by atoms with Crippen molar-refractivity contribution in [3.63, 3.8) is 0 Å². The highest BCUT2D eigenvalue weighted by Gasteiger charge is 2.39. The van der Waals surface area contributed by atoms with Gasteiger partial charge in [-0.05, 0) is 31.1 Å². The summed E-state index contributed by atoms with van der Waals surface area (Å²) in [5.41, 5.74) is 0.431. The number of nitrogens with zero attached hydrogens (tertiary/aromatic N) is 2. The lowest BCUT2D eigenvalue weighted by Crippen LogP contribution is -2.43. The largest absolute Gasteiger partial charge is 0.284 e. The van der Waals surface area contributed by atoms with Crippen LogP contribution in [0.15, 0.2) is 17.3 Å². The number of sulfonamides is 1. The van der Waals surface area contributed by atoms with Crippen LogP contribution in [-0.2, 0) is 10.0 Å². The summed E-state index contributed by atoms with van der Waals surface area (Å²) in [4.78, 5) is 0.284. The highest BCUT2D eigenvalue weighted by molar-refractivity contribution is 7.89. The Labute approximate surface area is 114 Å². The predicted molar refractivity (Wildman–Crippen MR) is 72.1 cm³/mol. The molecule has 5 nitrogen and oxygen atoms in total. The molecule has 2 heterocycles. The van der Waals surface area contributed by atoms with E-state index in [2.05, 4.69) is 10.2 Å². The van der Waals surface area contributed by atoms with Crippen LogP contribution >= 0.6 is 0 Å². The first-order valence-electron chi connectivity index (χ1n) is 7.11. The van der Waals surface area contributed by atoms with Gasteiger partial charge in [-0.1, -0.05) is 19.3 Å². The third-order valence-corrected chi connectivity index (χ3v) is 6.67. The van der Waals surface area contributed by atoms with Crippen LogP contribution in [0.5, 0.6) is 0 Å². The van der Waals surface area contributed by atoms with Crippen molar-refractivity contribution in [3.8, 4) is 0 Å². The van der Waals surface area contributed by atoms with Crippen LogP contribution in [0.3, 0.4) is 0 Å². The third-order valence-electron chi connectivity index (χ3n) is 4.81. The number of nitrogens with one attached hydrogen (secondary N) is 1. The maximum Gasteiger partial charge on any atom is 0.246 e. The monoisotopic (exact) mass is 283 g/mol. The fraction of sp³-hybridized carbons (Fsp3) is 0.769. The van der Waals surface area contributed by atoms with Gasteiger partial charge in [-0.25, -0.2) is 8.42 Å². The van der Waals surface area contributed by atoms with E-state index in [0.717, 1.165) is 12.8 Å². The summed E-state index contributed by atoms with van der Waals surface area (Å²) in [6.45, 7) is 1.32. The zero-order valence-corrected chi connectivity index (χ0v) is 12.0. The molecule has 1 aromatic heterocycles. The van der Waals surface area contributed by atoms with E-state index in [0.29, 0.717) is 18.5 Å². The smallest absolute Gasteiger partial charge is 0.246 e.